The van der Waals surface area contributed by atoms with Crippen LogP contribution in [0.5, 0.6) is 5.75 Å². The summed E-state index contributed by atoms with van der Waals surface area (Å²) < 4.78 is 16.5. The standard InChI is InChI=1S/C14H19BrO4/c1-5-18-10(3)8-19-13-6-9(2)11(7-12(13)15)14(16)17-4/h6-7,10H,5,8H2,1-4H3. The molecule has 0 aromatic heterocycles. The van der Waals surface area contributed by atoms with Crippen LogP contribution in [0.3, 0.4) is 0 Å². The topological polar surface area (TPSA) is 44.8 Å². The van der Waals surface area contributed by atoms with E-state index in [1.807, 2.05) is 26.8 Å². The summed E-state index contributed by atoms with van der Waals surface area (Å²) in [6, 6.07) is 3.52. The average Bonchev–Trinajstić information content (AvgIpc) is 2.38. The van der Waals surface area contributed by atoms with Gasteiger partial charge in [0.05, 0.1) is 23.2 Å². The normalized spacial score (nSPS) is 12.1. The average molecular weight is 331 g/mol. The molecule has 0 radical (unpaired) electrons. The van der Waals surface area contributed by atoms with Crippen LogP contribution in [0.1, 0.15) is 29.8 Å². The molecule has 0 fully saturated rings. The summed E-state index contributed by atoms with van der Waals surface area (Å²) in [7, 11) is 1.36. The van der Waals surface area contributed by atoms with Gasteiger partial charge in [0.2, 0.25) is 0 Å². The number of carbonyl (C=O) groups is 1. The minimum absolute atomic E-state index is 0.0255. The molecule has 1 unspecified atom stereocenters. The Balaban J connectivity index is 2.81. The van der Waals surface area contributed by atoms with Gasteiger partial charge in [-0.05, 0) is 54.4 Å². The number of esters is 1. The Morgan fingerprint density at radius 1 is 1.42 bits per heavy atom. The summed E-state index contributed by atoms with van der Waals surface area (Å²) in [5.74, 6) is 0.337. The van der Waals surface area contributed by atoms with Crippen molar-refractivity contribution in [2.24, 2.45) is 0 Å². The molecule has 1 aromatic rings. The summed E-state index contributed by atoms with van der Waals surface area (Å²) in [4.78, 5) is 11.5. The molecule has 1 atom stereocenters. The third kappa shape index (κ3) is 4.51. The van der Waals surface area contributed by atoms with Crippen molar-refractivity contribution < 1.29 is 19.0 Å². The molecule has 0 aliphatic carbocycles. The smallest absolute Gasteiger partial charge is 0.338 e. The fourth-order valence-electron chi connectivity index (χ4n) is 1.64. The van der Waals surface area contributed by atoms with Gasteiger partial charge in [0.1, 0.15) is 12.4 Å². The van der Waals surface area contributed by atoms with E-state index in [9.17, 15) is 4.79 Å². The largest absolute Gasteiger partial charge is 0.490 e. The third-order valence-corrected chi connectivity index (χ3v) is 3.23. The van der Waals surface area contributed by atoms with E-state index >= 15 is 0 Å². The van der Waals surface area contributed by atoms with Gasteiger partial charge in [-0.1, -0.05) is 0 Å². The second kappa shape index (κ2) is 7.50. The van der Waals surface area contributed by atoms with Crippen LogP contribution in [0.2, 0.25) is 0 Å². The van der Waals surface area contributed by atoms with Crippen LogP contribution in [0.4, 0.5) is 0 Å². The zero-order chi connectivity index (χ0) is 14.4. The summed E-state index contributed by atoms with van der Waals surface area (Å²) in [6.07, 6.45) is 0.0255. The number of hydrogen-bond acceptors (Lipinski definition) is 4. The van der Waals surface area contributed by atoms with Crippen molar-refractivity contribution in [2.75, 3.05) is 20.3 Å². The van der Waals surface area contributed by atoms with Crippen molar-refractivity contribution in [1.29, 1.82) is 0 Å². The number of carbonyl (C=O) groups excluding carboxylic acids is 1. The second-order valence-corrected chi connectivity index (χ2v) is 5.02. The number of hydrogen-bond donors (Lipinski definition) is 0. The first kappa shape index (κ1) is 16.0. The number of ether oxygens (including phenoxy) is 3. The van der Waals surface area contributed by atoms with Crippen LogP contribution in [0.15, 0.2) is 16.6 Å². The van der Waals surface area contributed by atoms with E-state index in [4.69, 9.17) is 14.2 Å². The fourth-order valence-corrected chi connectivity index (χ4v) is 2.09. The fraction of sp³-hybridized carbons (Fsp3) is 0.500. The monoisotopic (exact) mass is 330 g/mol. The van der Waals surface area contributed by atoms with Gasteiger partial charge < -0.3 is 14.2 Å². The van der Waals surface area contributed by atoms with Crippen LogP contribution in [-0.4, -0.2) is 32.4 Å². The van der Waals surface area contributed by atoms with Crippen molar-refractivity contribution >= 4 is 21.9 Å². The predicted molar refractivity (Wildman–Crippen MR) is 76.8 cm³/mol. The molecule has 0 N–H and O–H groups in total. The molecule has 0 bridgehead atoms. The summed E-state index contributed by atoms with van der Waals surface area (Å²) in [6.45, 7) is 6.86. The second-order valence-electron chi connectivity index (χ2n) is 4.17. The Morgan fingerprint density at radius 3 is 2.68 bits per heavy atom. The lowest BCUT2D eigenvalue weighted by molar-refractivity contribution is 0.0399. The molecular formula is C14H19BrO4. The zero-order valence-electron chi connectivity index (χ0n) is 11.7. The highest BCUT2D eigenvalue weighted by atomic mass is 79.9. The highest BCUT2D eigenvalue weighted by Gasteiger charge is 2.14. The molecule has 0 amide bonds. The lowest BCUT2D eigenvalue weighted by Crippen LogP contribution is -2.18. The molecular weight excluding hydrogens is 312 g/mol. The quantitative estimate of drug-likeness (QED) is 0.750. The molecule has 1 rings (SSSR count). The SMILES string of the molecule is CCOC(C)COc1cc(C)c(C(=O)OC)cc1Br. The van der Waals surface area contributed by atoms with E-state index in [1.165, 1.54) is 7.11 Å². The molecule has 0 spiro atoms. The number of methoxy groups -OCH3 is 1. The number of halogens is 1. The van der Waals surface area contributed by atoms with Gasteiger partial charge in [0.15, 0.2) is 0 Å². The van der Waals surface area contributed by atoms with Crippen LogP contribution in [0, 0.1) is 6.92 Å². The Bertz CT molecular complexity index is 445. The molecule has 106 valence electrons. The van der Waals surface area contributed by atoms with Crippen LogP contribution >= 0.6 is 15.9 Å². The maximum atomic E-state index is 11.5. The third-order valence-electron chi connectivity index (χ3n) is 2.61. The van der Waals surface area contributed by atoms with Crippen LogP contribution < -0.4 is 4.74 Å². The Kier molecular flexibility index (Phi) is 6.31. The minimum Gasteiger partial charge on any atom is -0.490 e. The lowest BCUT2D eigenvalue weighted by atomic mass is 10.1. The zero-order valence-corrected chi connectivity index (χ0v) is 13.2. The van der Waals surface area contributed by atoms with Crippen molar-refractivity contribution in [2.45, 2.75) is 26.9 Å². The van der Waals surface area contributed by atoms with Gasteiger partial charge in [0, 0.05) is 6.61 Å². The minimum atomic E-state index is -0.354. The number of benzene rings is 1. The maximum absolute atomic E-state index is 11.5. The molecule has 4 nitrogen and oxygen atoms in total. The summed E-state index contributed by atoms with van der Waals surface area (Å²) in [5, 5.41) is 0. The van der Waals surface area contributed by atoms with Gasteiger partial charge in [-0.2, -0.15) is 0 Å². The predicted octanol–water partition coefficient (Wildman–Crippen LogP) is 3.35. The van der Waals surface area contributed by atoms with Gasteiger partial charge in [-0.3, -0.25) is 0 Å². The van der Waals surface area contributed by atoms with E-state index in [-0.39, 0.29) is 12.1 Å². The molecule has 5 heteroatoms. The maximum Gasteiger partial charge on any atom is 0.338 e. The van der Waals surface area contributed by atoms with Crippen molar-refractivity contribution in [3.8, 4) is 5.75 Å². The van der Waals surface area contributed by atoms with E-state index in [0.29, 0.717) is 24.5 Å². The van der Waals surface area contributed by atoms with Crippen molar-refractivity contribution in [3.05, 3.63) is 27.7 Å². The van der Waals surface area contributed by atoms with E-state index in [1.54, 1.807) is 6.07 Å². The van der Waals surface area contributed by atoms with Crippen molar-refractivity contribution in [3.63, 3.8) is 0 Å². The van der Waals surface area contributed by atoms with Crippen molar-refractivity contribution in [1.82, 2.24) is 0 Å². The molecule has 19 heavy (non-hydrogen) atoms. The highest BCUT2D eigenvalue weighted by Crippen LogP contribution is 2.29. The highest BCUT2D eigenvalue weighted by molar-refractivity contribution is 9.10. The molecule has 1 aromatic carbocycles. The van der Waals surface area contributed by atoms with Gasteiger partial charge in [-0.15, -0.1) is 0 Å². The first-order valence-corrected chi connectivity index (χ1v) is 6.91. The molecule has 0 heterocycles. The first-order chi connectivity index (χ1) is 8.99. The first-order valence-electron chi connectivity index (χ1n) is 6.12. The van der Waals surface area contributed by atoms with Gasteiger partial charge in [-0.25, -0.2) is 4.79 Å². The number of rotatable bonds is 6. The molecule has 0 saturated heterocycles. The molecule has 0 saturated carbocycles. The van der Waals surface area contributed by atoms with Gasteiger partial charge >= 0.3 is 5.97 Å². The van der Waals surface area contributed by atoms with E-state index in [2.05, 4.69) is 15.9 Å². The molecule has 0 aliphatic heterocycles. The summed E-state index contributed by atoms with van der Waals surface area (Å²) in [5.41, 5.74) is 1.34. The Morgan fingerprint density at radius 2 is 2.11 bits per heavy atom. The van der Waals surface area contributed by atoms with E-state index < -0.39 is 0 Å². The van der Waals surface area contributed by atoms with Crippen LogP contribution in [-0.2, 0) is 9.47 Å². The Labute approximate surface area is 122 Å². The van der Waals surface area contributed by atoms with E-state index in [0.717, 1.165) is 10.0 Å². The molecule has 0 aliphatic rings. The Hall–Kier alpha value is -1.07. The van der Waals surface area contributed by atoms with Crippen LogP contribution in [0.25, 0.3) is 0 Å². The van der Waals surface area contributed by atoms with Gasteiger partial charge in [0.25, 0.3) is 0 Å². The summed E-state index contributed by atoms with van der Waals surface area (Å²) >= 11 is 3.39. The lowest BCUT2D eigenvalue weighted by Gasteiger charge is -2.15. The number of aryl methyl sites for hydroxylation is 1.